The van der Waals surface area contributed by atoms with Gasteiger partial charge in [-0.05, 0) is 29.2 Å². The van der Waals surface area contributed by atoms with E-state index in [0.29, 0.717) is 5.69 Å². The van der Waals surface area contributed by atoms with Crippen molar-refractivity contribution >= 4 is 21.4 Å². The van der Waals surface area contributed by atoms with Crippen LogP contribution in [0.5, 0.6) is 0 Å². The van der Waals surface area contributed by atoms with Gasteiger partial charge in [0.1, 0.15) is 4.90 Å². The van der Waals surface area contributed by atoms with Gasteiger partial charge in [0.05, 0.1) is 5.69 Å². The molecule has 0 fully saturated rings. The number of nitrogen functional groups attached to an aromatic ring is 1. The number of sulfonamides is 1. The Labute approximate surface area is 125 Å². The van der Waals surface area contributed by atoms with Crippen LogP contribution in [0.25, 0.3) is 0 Å². The number of hydrogen-bond acceptors (Lipinski definition) is 4. The number of nitrogens with one attached hydrogen (secondary N) is 1. The Morgan fingerprint density at radius 2 is 1.71 bits per heavy atom. The molecule has 0 amide bonds. The van der Waals surface area contributed by atoms with Gasteiger partial charge in [0.15, 0.2) is 0 Å². The lowest BCUT2D eigenvalue weighted by Crippen LogP contribution is -2.15. The van der Waals surface area contributed by atoms with E-state index in [1.54, 1.807) is 12.1 Å². The highest BCUT2D eigenvalue weighted by molar-refractivity contribution is 7.92. The van der Waals surface area contributed by atoms with Gasteiger partial charge in [-0.15, -0.1) is 0 Å². The smallest absolute Gasteiger partial charge is 0.265 e. The molecule has 0 unspecified atom stereocenters. The van der Waals surface area contributed by atoms with Crippen LogP contribution in [0.4, 0.5) is 11.4 Å². The van der Waals surface area contributed by atoms with E-state index >= 15 is 0 Å². The number of aromatic nitrogens is 1. The van der Waals surface area contributed by atoms with Crippen molar-refractivity contribution in [1.82, 2.24) is 4.98 Å². The summed E-state index contributed by atoms with van der Waals surface area (Å²) in [5, 5.41) is 0. The minimum atomic E-state index is -3.73. The van der Waals surface area contributed by atoms with E-state index in [1.165, 1.54) is 18.5 Å². The third-order valence-corrected chi connectivity index (χ3v) is 4.53. The van der Waals surface area contributed by atoms with E-state index in [-0.39, 0.29) is 16.0 Å². The molecular weight excluding hydrogens is 286 g/mol. The minimum Gasteiger partial charge on any atom is -0.398 e. The summed E-state index contributed by atoms with van der Waals surface area (Å²) in [6.07, 6.45) is 2.69. The maximum absolute atomic E-state index is 12.3. The van der Waals surface area contributed by atoms with Crippen molar-refractivity contribution in [3.05, 3.63) is 48.3 Å². The van der Waals surface area contributed by atoms with Crippen molar-refractivity contribution in [3.8, 4) is 0 Å². The highest BCUT2D eigenvalue weighted by Gasteiger charge is 2.18. The van der Waals surface area contributed by atoms with Crippen LogP contribution >= 0.6 is 0 Å². The maximum Gasteiger partial charge on any atom is 0.265 e. The van der Waals surface area contributed by atoms with Gasteiger partial charge in [0.2, 0.25) is 0 Å². The first-order chi connectivity index (χ1) is 9.70. The van der Waals surface area contributed by atoms with Gasteiger partial charge >= 0.3 is 0 Å². The van der Waals surface area contributed by atoms with E-state index in [4.69, 9.17) is 5.73 Å². The SMILES string of the molecule is CC(C)(C)c1ccc(NS(=O)(=O)c2cnccc2N)cc1. The Morgan fingerprint density at radius 1 is 1.10 bits per heavy atom. The lowest BCUT2D eigenvalue weighted by atomic mass is 9.87. The van der Waals surface area contributed by atoms with E-state index < -0.39 is 10.0 Å². The highest BCUT2D eigenvalue weighted by atomic mass is 32.2. The molecule has 0 aliphatic carbocycles. The van der Waals surface area contributed by atoms with Crippen LogP contribution in [0.15, 0.2) is 47.6 Å². The quantitative estimate of drug-likeness (QED) is 0.913. The Bertz CT molecular complexity index is 732. The largest absolute Gasteiger partial charge is 0.398 e. The first-order valence-corrected chi connectivity index (χ1v) is 8.01. The predicted octanol–water partition coefficient (Wildman–Crippen LogP) is 2.76. The summed E-state index contributed by atoms with van der Waals surface area (Å²) >= 11 is 0. The van der Waals surface area contributed by atoms with Gasteiger partial charge in [-0.3, -0.25) is 9.71 Å². The van der Waals surface area contributed by atoms with Crippen LogP contribution in [-0.2, 0) is 15.4 Å². The summed E-state index contributed by atoms with van der Waals surface area (Å²) in [5.41, 5.74) is 7.49. The second-order valence-electron chi connectivity index (χ2n) is 5.85. The average Bonchev–Trinajstić information content (AvgIpc) is 2.38. The number of benzene rings is 1. The first kappa shape index (κ1) is 15.3. The van der Waals surface area contributed by atoms with E-state index in [0.717, 1.165) is 5.56 Å². The number of anilines is 2. The van der Waals surface area contributed by atoms with Crippen molar-refractivity contribution < 1.29 is 8.42 Å². The summed E-state index contributed by atoms with van der Waals surface area (Å²) in [6.45, 7) is 6.30. The number of hydrogen-bond donors (Lipinski definition) is 2. The van der Waals surface area contributed by atoms with Crippen LogP contribution in [0.3, 0.4) is 0 Å². The molecule has 0 aliphatic rings. The van der Waals surface area contributed by atoms with Crippen molar-refractivity contribution in [2.75, 3.05) is 10.5 Å². The lowest BCUT2D eigenvalue weighted by molar-refractivity contribution is 0.590. The van der Waals surface area contributed by atoms with Crippen LogP contribution < -0.4 is 10.5 Å². The number of pyridine rings is 1. The number of nitrogens with zero attached hydrogens (tertiary/aromatic N) is 1. The second-order valence-corrected chi connectivity index (χ2v) is 7.50. The summed E-state index contributed by atoms with van der Waals surface area (Å²) in [6, 6.07) is 8.75. The minimum absolute atomic E-state index is 0.0190. The molecule has 0 aliphatic heterocycles. The Kier molecular flexibility index (Phi) is 3.91. The maximum atomic E-state index is 12.3. The number of nitrogens with two attached hydrogens (primary N) is 1. The fourth-order valence-corrected chi connectivity index (χ4v) is 3.00. The Balaban J connectivity index is 2.28. The Hall–Kier alpha value is -2.08. The van der Waals surface area contributed by atoms with E-state index in [9.17, 15) is 8.42 Å². The molecule has 0 bridgehead atoms. The molecule has 0 radical (unpaired) electrons. The molecule has 0 saturated heterocycles. The topological polar surface area (TPSA) is 85.1 Å². The summed E-state index contributed by atoms with van der Waals surface area (Å²) in [7, 11) is -3.73. The molecule has 0 spiro atoms. The molecule has 1 heterocycles. The van der Waals surface area contributed by atoms with Gasteiger partial charge in [-0.2, -0.15) is 0 Å². The van der Waals surface area contributed by atoms with Gasteiger partial charge < -0.3 is 5.73 Å². The normalized spacial score (nSPS) is 12.1. The monoisotopic (exact) mass is 305 g/mol. The van der Waals surface area contributed by atoms with Crippen LogP contribution in [-0.4, -0.2) is 13.4 Å². The standard InChI is InChI=1S/C15H19N3O2S/c1-15(2,3)11-4-6-12(7-5-11)18-21(19,20)14-10-17-9-8-13(14)16/h4-10,18H,1-3H3,(H2,16,17). The van der Waals surface area contributed by atoms with Gasteiger partial charge in [0.25, 0.3) is 10.0 Å². The summed E-state index contributed by atoms with van der Waals surface area (Å²) in [4.78, 5) is 3.78. The second kappa shape index (κ2) is 5.37. The fraction of sp³-hybridized carbons (Fsp3) is 0.267. The fourth-order valence-electron chi connectivity index (χ4n) is 1.86. The zero-order chi connectivity index (χ0) is 15.7. The first-order valence-electron chi connectivity index (χ1n) is 6.53. The molecule has 1 aromatic heterocycles. The van der Waals surface area contributed by atoms with Crippen LogP contribution in [0.1, 0.15) is 26.3 Å². The molecular formula is C15H19N3O2S. The van der Waals surface area contributed by atoms with Crippen molar-refractivity contribution in [1.29, 1.82) is 0 Å². The van der Waals surface area contributed by atoms with Gasteiger partial charge in [-0.25, -0.2) is 8.42 Å². The molecule has 0 saturated carbocycles. The predicted molar refractivity (Wildman–Crippen MR) is 84.6 cm³/mol. The molecule has 21 heavy (non-hydrogen) atoms. The van der Waals surface area contributed by atoms with Gasteiger partial charge in [0, 0.05) is 18.1 Å². The third-order valence-electron chi connectivity index (χ3n) is 3.11. The zero-order valence-electron chi connectivity index (χ0n) is 12.3. The zero-order valence-corrected chi connectivity index (χ0v) is 13.1. The van der Waals surface area contributed by atoms with Crippen molar-refractivity contribution in [2.24, 2.45) is 0 Å². The van der Waals surface area contributed by atoms with Crippen molar-refractivity contribution in [2.45, 2.75) is 31.1 Å². The molecule has 6 heteroatoms. The molecule has 2 rings (SSSR count). The summed E-state index contributed by atoms with van der Waals surface area (Å²) in [5.74, 6) is 0. The molecule has 0 atom stereocenters. The Morgan fingerprint density at radius 3 is 2.24 bits per heavy atom. The molecule has 5 nitrogen and oxygen atoms in total. The van der Waals surface area contributed by atoms with E-state index in [2.05, 4.69) is 30.5 Å². The van der Waals surface area contributed by atoms with Crippen LogP contribution in [0.2, 0.25) is 0 Å². The third kappa shape index (κ3) is 3.52. The molecule has 1 aromatic carbocycles. The van der Waals surface area contributed by atoms with E-state index in [1.807, 2.05) is 12.1 Å². The van der Waals surface area contributed by atoms with Crippen LogP contribution in [0, 0.1) is 0 Å². The lowest BCUT2D eigenvalue weighted by Gasteiger charge is -2.19. The highest BCUT2D eigenvalue weighted by Crippen LogP contribution is 2.25. The number of rotatable bonds is 3. The molecule has 112 valence electrons. The van der Waals surface area contributed by atoms with Crippen molar-refractivity contribution in [3.63, 3.8) is 0 Å². The average molecular weight is 305 g/mol. The van der Waals surface area contributed by atoms with Gasteiger partial charge in [-0.1, -0.05) is 32.9 Å². The molecule has 2 aromatic rings. The summed E-state index contributed by atoms with van der Waals surface area (Å²) < 4.78 is 27.1. The molecule has 3 N–H and O–H groups in total.